The molecular formula is C10H18N2O. The number of amides is 1. The monoisotopic (exact) mass is 182 g/mol. The zero-order valence-corrected chi connectivity index (χ0v) is 8.49. The molecule has 1 unspecified atom stereocenters. The Morgan fingerprint density at radius 3 is 2.46 bits per heavy atom. The van der Waals surface area contributed by atoms with Gasteiger partial charge < -0.3 is 9.80 Å². The summed E-state index contributed by atoms with van der Waals surface area (Å²) >= 11 is 0. The molecule has 3 fully saturated rings. The lowest BCUT2D eigenvalue weighted by atomic mass is 10.1. The Bertz CT molecular complexity index is 209. The molecule has 0 N–H and O–H groups in total. The number of hydrogen-bond acceptors (Lipinski definition) is 2. The van der Waals surface area contributed by atoms with Gasteiger partial charge in [0.1, 0.15) is 0 Å². The van der Waals surface area contributed by atoms with Crippen LogP contribution in [0.3, 0.4) is 0 Å². The van der Waals surface area contributed by atoms with Gasteiger partial charge in [0, 0.05) is 38.6 Å². The summed E-state index contributed by atoms with van der Waals surface area (Å²) in [6, 6.07) is 0.929. The third-order valence-corrected chi connectivity index (χ3v) is 3.31. The molecule has 0 aromatic carbocycles. The topological polar surface area (TPSA) is 23.6 Å². The molecule has 0 aromatic heterocycles. The fourth-order valence-electron chi connectivity index (χ4n) is 2.77. The van der Waals surface area contributed by atoms with E-state index in [9.17, 15) is 4.79 Å². The van der Waals surface area contributed by atoms with Crippen molar-refractivity contribution in [3.63, 3.8) is 0 Å². The molecule has 0 saturated carbocycles. The van der Waals surface area contributed by atoms with Gasteiger partial charge >= 0.3 is 0 Å². The highest BCUT2D eigenvalue weighted by atomic mass is 16.2. The highest BCUT2D eigenvalue weighted by molar-refractivity contribution is 5.74. The van der Waals surface area contributed by atoms with Gasteiger partial charge in [0.2, 0.25) is 5.91 Å². The van der Waals surface area contributed by atoms with Crippen molar-refractivity contribution in [2.75, 3.05) is 19.6 Å². The summed E-state index contributed by atoms with van der Waals surface area (Å²) in [5.41, 5.74) is 0. The van der Waals surface area contributed by atoms with E-state index in [2.05, 4.69) is 16.7 Å². The van der Waals surface area contributed by atoms with Gasteiger partial charge in [-0.1, -0.05) is 0 Å². The van der Waals surface area contributed by atoms with Crippen LogP contribution in [0.5, 0.6) is 0 Å². The number of piperidine rings is 1. The summed E-state index contributed by atoms with van der Waals surface area (Å²) in [7, 11) is 0. The first kappa shape index (κ1) is 9.00. The molecule has 0 radical (unpaired) electrons. The molecule has 3 nitrogen and oxygen atoms in total. The molecule has 3 aliphatic rings. The zero-order chi connectivity index (χ0) is 9.42. The van der Waals surface area contributed by atoms with E-state index in [4.69, 9.17) is 0 Å². The van der Waals surface area contributed by atoms with E-state index >= 15 is 0 Å². The maximum atomic E-state index is 11.5. The third-order valence-electron chi connectivity index (χ3n) is 3.31. The number of rotatable bonds is 0. The van der Waals surface area contributed by atoms with Crippen LogP contribution < -0.4 is 0 Å². The van der Waals surface area contributed by atoms with Crippen LogP contribution in [0.25, 0.3) is 0 Å². The number of carbonyl (C=O) groups is 1. The molecule has 2 bridgehead atoms. The summed E-state index contributed by atoms with van der Waals surface area (Å²) in [6.45, 7) is 7.29. The lowest BCUT2D eigenvalue weighted by molar-refractivity contribution is -0.132. The molecule has 0 aliphatic carbocycles. The standard InChI is InChI=1S/C10H18N2O/c1-8-7-11-5-3-10(4-6-11)12(8)9(2)13/h8,10H,3-7H2,1-2H3. The number of carbonyl (C=O) groups excluding carboxylic acids is 1. The average Bonchev–Trinajstić information content (AvgIpc) is 2.30. The van der Waals surface area contributed by atoms with Crippen LogP contribution in [0.15, 0.2) is 0 Å². The first-order valence-electron chi connectivity index (χ1n) is 5.19. The van der Waals surface area contributed by atoms with Gasteiger partial charge in [0.25, 0.3) is 0 Å². The molecule has 1 amide bonds. The van der Waals surface area contributed by atoms with Gasteiger partial charge in [-0.25, -0.2) is 0 Å². The summed E-state index contributed by atoms with van der Waals surface area (Å²) in [4.78, 5) is 16.0. The van der Waals surface area contributed by atoms with E-state index in [1.165, 1.54) is 25.9 Å². The number of nitrogens with zero attached hydrogens (tertiary/aromatic N) is 2. The van der Waals surface area contributed by atoms with Crippen LogP contribution in [0.1, 0.15) is 26.7 Å². The maximum absolute atomic E-state index is 11.5. The minimum Gasteiger partial charge on any atom is -0.336 e. The molecule has 3 heterocycles. The van der Waals surface area contributed by atoms with Gasteiger partial charge in [-0.05, 0) is 19.8 Å². The highest BCUT2D eigenvalue weighted by Crippen LogP contribution is 2.24. The van der Waals surface area contributed by atoms with Crippen LogP contribution in [-0.4, -0.2) is 47.4 Å². The van der Waals surface area contributed by atoms with Crippen LogP contribution in [0.4, 0.5) is 0 Å². The third kappa shape index (κ3) is 1.57. The number of fused-ring (bicyclic) bond motifs is 4. The van der Waals surface area contributed by atoms with Crippen LogP contribution in [0, 0.1) is 0 Å². The average molecular weight is 182 g/mol. The summed E-state index contributed by atoms with van der Waals surface area (Å²) in [5, 5.41) is 0. The van der Waals surface area contributed by atoms with Crippen LogP contribution in [-0.2, 0) is 4.79 Å². The maximum Gasteiger partial charge on any atom is 0.219 e. The van der Waals surface area contributed by atoms with E-state index < -0.39 is 0 Å². The predicted molar refractivity (Wildman–Crippen MR) is 51.4 cm³/mol. The smallest absolute Gasteiger partial charge is 0.219 e. The Kier molecular flexibility index (Phi) is 2.28. The quantitative estimate of drug-likeness (QED) is 0.550. The second-order valence-electron chi connectivity index (χ2n) is 4.31. The summed E-state index contributed by atoms with van der Waals surface area (Å²) < 4.78 is 0. The van der Waals surface area contributed by atoms with Gasteiger partial charge in [-0.2, -0.15) is 0 Å². The lowest BCUT2D eigenvalue weighted by Crippen LogP contribution is -2.44. The van der Waals surface area contributed by atoms with Crippen molar-refractivity contribution in [1.29, 1.82) is 0 Å². The highest BCUT2D eigenvalue weighted by Gasteiger charge is 2.34. The van der Waals surface area contributed by atoms with Crippen molar-refractivity contribution in [2.45, 2.75) is 38.8 Å². The molecule has 74 valence electrons. The second-order valence-corrected chi connectivity index (χ2v) is 4.31. The van der Waals surface area contributed by atoms with Crippen LogP contribution >= 0.6 is 0 Å². The van der Waals surface area contributed by atoms with E-state index in [0.29, 0.717) is 12.1 Å². The zero-order valence-electron chi connectivity index (χ0n) is 8.49. The molecule has 0 spiro atoms. The van der Waals surface area contributed by atoms with Crippen molar-refractivity contribution >= 4 is 5.91 Å². The lowest BCUT2D eigenvalue weighted by Gasteiger charge is -2.32. The molecule has 1 atom stereocenters. The fraction of sp³-hybridized carbons (Fsp3) is 0.900. The Hall–Kier alpha value is -0.570. The molecular weight excluding hydrogens is 164 g/mol. The first-order valence-corrected chi connectivity index (χ1v) is 5.19. The Labute approximate surface area is 79.7 Å². The van der Waals surface area contributed by atoms with Crippen LogP contribution in [0.2, 0.25) is 0 Å². The van der Waals surface area contributed by atoms with Crippen molar-refractivity contribution in [3.05, 3.63) is 0 Å². The van der Waals surface area contributed by atoms with Crippen molar-refractivity contribution in [3.8, 4) is 0 Å². The molecule has 3 aliphatic heterocycles. The second kappa shape index (κ2) is 3.29. The van der Waals surface area contributed by atoms with E-state index in [0.717, 1.165) is 6.54 Å². The molecule has 3 saturated heterocycles. The van der Waals surface area contributed by atoms with Gasteiger partial charge in [0.15, 0.2) is 0 Å². The Morgan fingerprint density at radius 1 is 1.31 bits per heavy atom. The first-order chi connectivity index (χ1) is 6.18. The van der Waals surface area contributed by atoms with E-state index in [1.807, 2.05) is 0 Å². The van der Waals surface area contributed by atoms with E-state index in [1.54, 1.807) is 6.92 Å². The fourth-order valence-corrected chi connectivity index (χ4v) is 2.77. The largest absolute Gasteiger partial charge is 0.336 e. The minimum absolute atomic E-state index is 0.251. The van der Waals surface area contributed by atoms with Gasteiger partial charge in [0.05, 0.1) is 0 Å². The predicted octanol–water partition coefficient (Wildman–Crippen LogP) is 0.701. The summed E-state index contributed by atoms with van der Waals surface area (Å²) in [6.07, 6.45) is 2.34. The van der Waals surface area contributed by atoms with Crippen molar-refractivity contribution in [2.24, 2.45) is 0 Å². The van der Waals surface area contributed by atoms with E-state index in [-0.39, 0.29) is 5.91 Å². The number of hydrogen-bond donors (Lipinski definition) is 0. The molecule has 3 heteroatoms. The molecule has 3 rings (SSSR count). The SMILES string of the molecule is CC(=O)N1C(C)CN2CCC1CC2. The molecule has 13 heavy (non-hydrogen) atoms. The normalized spacial score (nSPS) is 38.9. The Balaban J connectivity index is 2.19. The molecule has 0 aromatic rings. The summed E-state index contributed by atoms with van der Waals surface area (Å²) in [5.74, 6) is 0.251. The Morgan fingerprint density at radius 2 is 1.92 bits per heavy atom. The van der Waals surface area contributed by atoms with Crippen molar-refractivity contribution < 1.29 is 4.79 Å². The van der Waals surface area contributed by atoms with Crippen molar-refractivity contribution in [1.82, 2.24) is 9.80 Å². The van der Waals surface area contributed by atoms with Gasteiger partial charge in [-0.15, -0.1) is 0 Å². The minimum atomic E-state index is 0.251. The van der Waals surface area contributed by atoms with Gasteiger partial charge in [-0.3, -0.25) is 4.79 Å².